The molecule has 32 heavy (non-hydrogen) atoms. The van der Waals surface area contributed by atoms with Crippen LogP contribution in [-0.4, -0.2) is 40.5 Å². The Morgan fingerprint density at radius 1 is 1.19 bits per heavy atom. The molecule has 1 saturated heterocycles. The second-order valence-corrected chi connectivity index (χ2v) is 8.75. The number of nitrogens with zero attached hydrogens (tertiary/aromatic N) is 1. The summed E-state index contributed by atoms with van der Waals surface area (Å²) in [5, 5.41) is 21.2. The SMILES string of the molecule is CCCCCCCCCCC#Cc1cccc(C(O)(CCO)N(C(C)=O)C2CCCO2)c1. The molecule has 0 radical (unpaired) electrons. The molecule has 1 aromatic rings. The zero-order valence-corrected chi connectivity index (χ0v) is 19.9. The van der Waals surface area contributed by atoms with Gasteiger partial charge in [0.15, 0.2) is 5.72 Å². The van der Waals surface area contributed by atoms with Crippen LogP contribution in [0.15, 0.2) is 24.3 Å². The van der Waals surface area contributed by atoms with E-state index in [4.69, 9.17) is 4.74 Å². The quantitative estimate of drug-likeness (QED) is 0.253. The summed E-state index contributed by atoms with van der Waals surface area (Å²) in [6, 6.07) is 7.35. The van der Waals surface area contributed by atoms with Crippen LogP contribution in [0.2, 0.25) is 0 Å². The number of hydrogen-bond acceptors (Lipinski definition) is 4. The molecule has 1 amide bonds. The minimum atomic E-state index is -1.63. The predicted molar refractivity (Wildman–Crippen MR) is 128 cm³/mol. The van der Waals surface area contributed by atoms with Gasteiger partial charge in [0, 0.05) is 44.1 Å². The normalized spacial score (nSPS) is 17.4. The Balaban J connectivity index is 2.00. The highest BCUT2D eigenvalue weighted by Gasteiger charge is 2.43. The van der Waals surface area contributed by atoms with Crippen molar-refractivity contribution in [3.8, 4) is 11.8 Å². The van der Waals surface area contributed by atoms with E-state index in [1.165, 1.54) is 56.8 Å². The number of amides is 1. The first kappa shape index (κ1) is 26.4. The van der Waals surface area contributed by atoms with Crippen LogP contribution in [0.3, 0.4) is 0 Å². The summed E-state index contributed by atoms with van der Waals surface area (Å²) in [5.74, 6) is 6.16. The van der Waals surface area contributed by atoms with Crippen LogP contribution in [0.25, 0.3) is 0 Å². The molecule has 0 aliphatic carbocycles. The zero-order valence-electron chi connectivity index (χ0n) is 19.9. The summed E-state index contributed by atoms with van der Waals surface area (Å²) in [7, 11) is 0. The van der Waals surface area contributed by atoms with Crippen LogP contribution in [0.5, 0.6) is 0 Å². The highest BCUT2D eigenvalue weighted by atomic mass is 16.5. The number of aliphatic hydroxyl groups excluding tert-OH is 1. The summed E-state index contributed by atoms with van der Waals surface area (Å²) in [6.45, 7) is 3.98. The molecule has 0 saturated carbocycles. The molecule has 0 aromatic heterocycles. The van der Waals surface area contributed by atoms with Crippen LogP contribution in [0, 0.1) is 11.8 Å². The molecular weight excluding hydrogens is 402 g/mol. The van der Waals surface area contributed by atoms with Gasteiger partial charge in [0.2, 0.25) is 5.91 Å². The van der Waals surface area contributed by atoms with Crippen LogP contribution in [0.4, 0.5) is 0 Å². The van der Waals surface area contributed by atoms with Crippen LogP contribution >= 0.6 is 0 Å². The maximum atomic E-state index is 12.5. The number of benzene rings is 1. The Morgan fingerprint density at radius 2 is 1.91 bits per heavy atom. The van der Waals surface area contributed by atoms with Crippen molar-refractivity contribution >= 4 is 5.91 Å². The third kappa shape index (κ3) is 7.92. The third-order valence-corrected chi connectivity index (χ3v) is 6.10. The standard InChI is InChI=1S/C27H41NO4/c1-3-4-5-6-7-8-9-10-11-12-15-24-16-13-17-25(22-24)27(31,19-20-29)28(23(2)30)26-18-14-21-32-26/h13,16-17,22,26,29,31H,3-11,14,18-21H2,1-2H3. The molecule has 2 rings (SSSR count). The van der Waals surface area contributed by atoms with Crippen molar-refractivity contribution in [1.29, 1.82) is 0 Å². The number of carbonyl (C=O) groups excluding carboxylic acids is 1. The number of hydrogen-bond donors (Lipinski definition) is 2. The largest absolute Gasteiger partial charge is 0.396 e. The van der Waals surface area contributed by atoms with Crippen molar-refractivity contribution in [2.24, 2.45) is 0 Å². The summed E-state index contributed by atoms with van der Waals surface area (Å²) < 4.78 is 5.70. The Bertz CT molecular complexity index is 748. The van der Waals surface area contributed by atoms with Gasteiger partial charge in [-0.1, -0.05) is 75.8 Å². The van der Waals surface area contributed by atoms with Crippen molar-refractivity contribution < 1.29 is 19.7 Å². The van der Waals surface area contributed by atoms with E-state index in [1.807, 2.05) is 18.2 Å². The van der Waals surface area contributed by atoms with Gasteiger partial charge in [-0.15, -0.1) is 0 Å². The molecule has 2 N–H and O–H groups in total. The molecule has 1 heterocycles. The Kier molecular flexibility index (Phi) is 11.8. The van der Waals surface area contributed by atoms with Gasteiger partial charge in [0.25, 0.3) is 0 Å². The zero-order chi connectivity index (χ0) is 23.2. The van der Waals surface area contributed by atoms with E-state index in [0.717, 1.165) is 24.8 Å². The van der Waals surface area contributed by atoms with E-state index in [1.54, 1.807) is 6.07 Å². The maximum Gasteiger partial charge on any atom is 0.224 e. The molecule has 1 fully saturated rings. The van der Waals surface area contributed by atoms with E-state index in [-0.39, 0.29) is 18.9 Å². The fraction of sp³-hybridized carbons (Fsp3) is 0.667. The van der Waals surface area contributed by atoms with E-state index < -0.39 is 12.0 Å². The molecule has 0 bridgehead atoms. The van der Waals surface area contributed by atoms with Gasteiger partial charge in [0.05, 0.1) is 0 Å². The molecule has 1 aliphatic rings. The summed E-state index contributed by atoms with van der Waals surface area (Å²) in [5.41, 5.74) is -0.282. The van der Waals surface area contributed by atoms with Gasteiger partial charge in [0.1, 0.15) is 6.23 Å². The number of aliphatic hydroxyl groups is 2. The average molecular weight is 444 g/mol. The van der Waals surface area contributed by atoms with Gasteiger partial charge in [-0.2, -0.15) is 0 Å². The first-order valence-corrected chi connectivity index (χ1v) is 12.4. The first-order valence-electron chi connectivity index (χ1n) is 12.4. The van der Waals surface area contributed by atoms with E-state index in [9.17, 15) is 15.0 Å². The number of carbonyl (C=O) groups is 1. The molecule has 2 unspecified atom stereocenters. The smallest absolute Gasteiger partial charge is 0.224 e. The molecule has 5 nitrogen and oxygen atoms in total. The van der Waals surface area contributed by atoms with Crippen molar-refractivity contribution in [2.45, 2.75) is 103 Å². The molecular formula is C27H41NO4. The van der Waals surface area contributed by atoms with Gasteiger partial charge in [-0.3, -0.25) is 9.69 Å². The Hall–Kier alpha value is -1.87. The molecule has 0 spiro atoms. The highest BCUT2D eigenvalue weighted by Crippen LogP contribution is 2.34. The lowest BCUT2D eigenvalue weighted by atomic mass is 9.95. The lowest BCUT2D eigenvalue weighted by molar-refractivity contribution is -0.200. The second-order valence-electron chi connectivity index (χ2n) is 8.75. The lowest BCUT2D eigenvalue weighted by Crippen LogP contribution is -2.54. The van der Waals surface area contributed by atoms with Crippen molar-refractivity contribution in [3.05, 3.63) is 35.4 Å². The van der Waals surface area contributed by atoms with E-state index in [2.05, 4.69) is 18.8 Å². The van der Waals surface area contributed by atoms with Crippen molar-refractivity contribution in [2.75, 3.05) is 13.2 Å². The predicted octanol–water partition coefficient (Wildman–Crippen LogP) is 5.08. The molecule has 1 aliphatic heterocycles. The van der Waals surface area contributed by atoms with Crippen LogP contribution in [0.1, 0.15) is 102 Å². The van der Waals surface area contributed by atoms with Crippen molar-refractivity contribution in [3.63, 3.8) is 0 Å². The molecule has 2 atom stereocenters. The Labute approximate surface area is 194 Å². The van der Waals surface area contributed by atoms with E-state index in [0.29, 0.717) is 18.6 Å². The Morgan fingerprint density at radius 3 is 2.53 bits per heavy atom. The number of unbranched alkanes of at least 4 members (excludes halogenated alkanes) is 8. The minimum Gasteiger partial charge on any atom is -0.396 e. The maximum absolute atomic E-state index is 12.5. The molecule has 5 heteroatoms. The minimum absolute atomic E-state index is 0.0155. The fourth-order valence-electron chi connectivity index (χ4n) is 4.38. The number of ether oxygens (including phenoxy) is 1. The second kappa shape index (κ2) is 14.3. The number of rotatable bonds is 13. The van der Waals surface area contributed by atoms with E-state index >= 15 is 0 Å². The van der Waals surface area contributed by atoms with Crippen LogP contribution < -0.4 is 0 Å². The molecule has 1 aromatic carbocycles. The summed E-state index contributed by atoms with van der Waals surface area (Å²) in [6.07, 6.45) is 12.1. The first-order chi connectivity index (χ1) is 15.5. The van der Waals surface area contributed by atoms with Crippen molar-refractivity contribution in [1.82, 2.24) is 4.90 Å². The average Bonchev–Trinajstić information content (AvgIpc) is 3.29. The third-order valence-electron chi connectivity index (χ3n) is 6.10. The highest BCUT2D eigenvalue weighted by molar-refractivity contribution is 5.74. The summed E-state index contributed by atoms with van der Waals surface area (Å²) >= 11 is 0. The monoisotopic (exact) mass is 443 g/mol. The summed E-state index contributed by atoms with van der Waals surface area (Å²) in [4.78, 5) is 13.8. The fourth-order valence-corrected chi connectivity index (χ4v) is 4.38. The topological polar surface area (TPSA) is 70.0 Å². The van der Waals surface area contributed by atoms with Gasteiger partial charge < -0.3 is 14.9 Å². The van der Waals surface area contributed by atoms with Crippen LogP contribution in [-0.2, 0) is 15.3 Å². The lowest BCUT2D eigenvalue weighted by Gasteiger charge is -2.42. The molecule has 178 valence electrons. The van der Waals surface area contributed by atoms with Gasteiger partial charge in [-0.05, 0) is 31.4 Å². The van der Waals surface area contributed by atoms with Gasteiger partial charge >= 0.3 is 0 Å². The van der Waals surface area contributed by atoms with Gasteiger partial charge in [-0.25, -0.2) is 0 Å².